The van der Waals surface area contributed by atoms with Crippen molar-refractivity contribution in [3.8, 4) is 6.07 Å². The second-order valence-corrected chi connectivity index (χ2v) is 8.60. The van der Waals surface area contributed by atoms with Crippen molar-refractivity contribution >= 4 is 28.1 Å². The number of fused-ring (bicyclic) bond motifs is 1. The molecule has 1 aliphatic carbocycles. The average Bonchev–Trinajstić information content (AvgIpc) is 3.41. The Morgan fingerprint density at radius 2 is 2.14 bits per heavy atom. The molecule has 6 heteroatoms. The molecule has 29 heavy (non-hydrogen) atoms. The Bertz CT molecular complexity index is 955. The maximum atomic E-state index is 12.8. The maximum absolute atomic E-state index is 12.8. The van der Waals surface area contributed by atoms with Crippen LogP contribution in [0.2, 0.25) is 0 Å². The maximum Gasteiger partial charge on any atom is 0.267 e. The van der Waals surface area contributed by atoms with Gasteiger partial charge in [-0.25, -0.2) is 0 Å². The summed E-state index contributed by atoms with van der Waals surface area (Å²) in [6.07, 6.45) is 5.08. The summed E-state index contributed by atoms with van der Waals surface area (Å²) >= 11 is 1.66. The molecule has 1 aliphatic rings. The number of thiophene rings is 1. The molecule has 2 heterocycles. The lowest BCUT2D eigenvalue weighted by molar-refractivity contribution is 0.0901. The van der Waals surface area contributed by atoms with E-state index in [4.69, 9.17) is 0 Å². The van der Waals surface area contributed by atoms with Gasteiger partial charge in [-0.3, -0.25) is 4.79 Å². The summed E-state index contributed by atoms with van der Waals surface area (Å²) in [7, 11) is 0. The van der Waals surface area contributed by atoms with Gasteiger partial charge >= 0.3 is 0 Å². The van der Waals surface area contributed by atoms with E-state index in [1.165, 1.54) is 12.0 Å². The molecule has 1 amide bonds. The number of nitrogens with one attached hydrogen (secondary N) is 3. The molecule has 1 fully saturated rings. The Morgan fingerprint density at radius 3 is 2.93 bits per heavy atom. The van der Waals surface area contributed by atoms with Gasteiger partial charge in [0.25, 0.3) is 5.91 Å². The molecule has 150 valence electrons. The van der Waals surface area contributed by atoms with Gasteiger partial charge in [0.15, 0.2) is 0 Å². The molecule has 3 atom stereocenters. The highest BCUT2D eigenvalue weighted by molar-refractivity contribution is 7.07. The molecule has 5 nitrogen and oxygen atoms in total. The lowest BCUT2D eigenvalue weighted by Crippen LogP contribution is -2.47. The molecule has 1 aromatic carbocycles. The van der Waals surface area contributed by atoms with Crippen molar-refractivity contribution < 1.29 is 4.79 Å². The Balaban J connectivity index is 1.36. The van der Waals surface area contributed by atoms with Crippen LogP contribution in [0.25, 0.3) is 10.9 Å². The number of amides is 1. The molecule has 0 spiro atoms. The second kappa shape index (κ2) is 9.25. The largest absolute Gasteiger partial charge is 0.351 e. The van der Waals surface area contributed by atoms with Crippen LogP contribution in [0.1, 0.15) is 41.7 Å². The third-order valence-electron chi connectivity index (χ3n) is 5.80. The van der Waals surface area contributed by atoms with Crippen molar-refractivity contribution in [3.05, 3.63) is 58.4 Å². The van der Waals surface area contributed by atoms with Crippen molar-refractivity contribution in [1.29, 1.82) is 5.26 Å². The molecule has 3 aromatic rings. The summed E-state index contributed by atoms with van der Waals surface area (Å²) in [5.74, 6) is 0.295. The summed E-state index contributed by atoms with van der Waals surface area (Å²) < 4.78 is 0. The quantitative estimate of drug-likeness (QED) is 0.549. The van der Waals surface area contributed by atoms with E-state index in [9.17, 15) is 10.1 Å². The molecular weight excluding hydrogens is 380 g/mol. The van der Waals surface area contributed by atoms with Crippen LogP contribution in [-0.2, 0) is 6.42 Å². The Labute approximate surface area is 175 Å². The van der Waals surface area contributed by atoms with Crippen LogP contribution in [0.5, 0.6) is 0 Å². The van der Waals surface area contributed by atoms with E-state index >= 15 is 0 Å². The number of hydrogen-bond donors (Lipinski definition) is 3. The summed E-state index contributed by atoms with van der Waals surface area (Å²) in [5.41, 5.74) is 2.78. The molecule has 2 aromatic heterocycles. The van der Waals surface area contributed by atoms with E-state index in [0.717, 1.165) is 43.1 Å². The molecule has 4 rings (SSSR count). The van der Waals surface area contributed by atoms with E-state index in [0.29, 0.717) is 11.6 Å². The predicted octanol–water partition coefficient (Wildman–Crippen LogP) is 4.24. The number of aromatic nitrogens is 1. The van der Waals surface area contributed by atoms with Gasteiger partial charge in [-0.1, -0.05) is 31.0 Å². The summed E-state index contributed by atoms with van der Waals surface area (Å²) in [4.78, 5) is 16.0. The number of benzene rings is 1. The molecule has 0 radical (unpaired) electrons. The first-order chi connectivity index (χ1) is 14.2. The third kappa shape index (κ3) is 4.87. The third-order valence-corrected chi connectivity index (χ3v) is 6.53. The van der Waals surface area contributed by atoms with Gasteiger partial charge < -0.3 is 15.6 Å². The van der Waals surface area contributed by atoms with E-state index < -0.39 is 0 Å². The number of carbonyl (C=O) groups excluding carboxylic acids is 1. The highest BCUT2D eigenvalue weighted by Gasteiger charge is 2.27. The molecule has 0 aliphatic heterocycles. The van der Waals surface area contributed by atoms with E-state index in [1.54, 1.807) is 11.3 Å². The van der Waals surface area contributed by atoms with Crippen molar-refractivity contribution in [1.82, 2.24) is 15.6 Å². The van der Waals surface area contributed by atoms with Crippen LogP contribution < -0.4 is 10.6 Å². The molecule has 3 N–H and O–H groups in total. The number of nitrogens with zero attached hydrogens (tertiary/aromatic N) is 1. The zero-order valence-corrected chi connectivity index (χ0v) is 17.2. The van der Waals surface area contributed by atoms with Crippen LogP contribution in [0.3, 0.4) is 0 Å². The number of nitriles is 1. The Hall–Kier alpha value is -2.62. The topological polar surface area (TPSA) is 80.7 Å². The fourth-order valence-electron chi connectivity index (χ4n) is 4.19. The molecule has 0 bridgehead atoms. The van der Waals surface area contributed by atoms with Crippen LogP contribution in [0.4, 0.5) is 0 Å². The normalized spacial score (nSPS) is 20.2. The fourth-order valence-corrected chi connectivity index (χ4v) is 4.87. The highest BCUT2D eigenvalue weighted by atomic mass is 32.1. The summed E-state index contributed by atoms with van der Waals surface area (Å²) in [5, 5.41) is 21.4. The van der Waals surface area contributed by atoms with E-state index in [-0.39, 0.29) is 18.0 Å². The number of hydrogen-bond acceptors (Lipinski definition) is 4. The average molecular weight is 407 g/mol. The number of rotatable bonds is 7. The lowest BCUT2D eigenvalue weighted by atomic mass is 9.84. The monoisotopic (exact) mass is 406 g/mol. The number of H-pyrrole nitrogens is 1. The molecule has 0 unspecified atom stereocenters. The minimum Gasteiger partial charge on any atom is -0.351 e. The van der Waals surface area contributed by atoms with Gasteiger partial charge in [0, 0.05) is 29.9 Å². The van der Waals surface area contributed by atoms with Crippen molar-refractivity contribution in [2.24, 2.45) is 5.92 Å². The lowest BCUT2D eigenvalue weighted by Gasteiger charge is -2.33. The van der Waals surface area contributed by atoms with Crippen molar-refractivity contribution in [2.75, 3.05) is 6.54 Å². The Morgan fingerprint density at radius 1 is 1.28 bits per heavy atom. The van der Waals surface area contributed by atoms with E-state index in [1.807, 2.05) is 35.7 Å². The van der Waals surface area contributed by atoms with Gasteiger partial charge in [-0.15, -0.1) is 0 Å². The van der Waals surface area contributed by atoms with Crippen molar-refractivity contribution in [3.63, 3.8) is 0 Å². The SMILES string of the molecule is N#C[C@H](Cc1ccsc1)NC[C@H]1CCCC[C@@H]1NC(=O)c1cc2ccccc2[nH]1. The van der Waals surface area contributed by atoms with Crippen LogP contribution in [0, 0.1) is 17.2 Å². The van der Waals surface area contributed by atoms with E-state index in [2.05, 4.69) is 33.1 Å². The number of aromatic amines is 1. The van der Waals surface area contributed by atoms with Gasteiger partial charge in [-0.05, 0) is 53.3 Å². The van der Waals surface area contributed by atoms with Crippen LogP contribution in [0.15, 0.2) is 47.2 Å². The predicted molar refractivity (Wildman–Crippen MR) is 117 cm³/mol. The smallest absolute Gasteiger partial charge is 0.267 e. The van der Waals surface area contributed by atoms with Gasteiger partial charge in [0.1, 0.15) is 5.69 Å². The molecule has 0 saturated heterocycles. The van der Waals surface area contributed by atoms with Gasteiger partial charge in [0.2, 0.25) is 0 Å². The summed E-state index contributed by atoms with van der Waals surface area (Å²) in [6, 6.07) is 14.2. The number of para-hydroxylation sites is 1. The molecular formula is C23H26N4OS. The van der Waals surface area contributed by atoms with Crippen LogP contribution >= 0.6 is 11.3 Å². The molecule has 1 saturated carbocycles. The first-order valence-electron chi connectivity index (χ1n) is 10.3. The Kier molecular flexibility index (Phi) is 6.28. The zero-order chi connectivity index (χ0) is 20.1. The van der Waals surface area contributed by atoms with Gasteiger partial charge in [-0.2, -0.15) is 16.6 Å². The standard InChI is InChI=1S/C23H26N4OS/c24-13-19(11-16-9-10-29-15-16)25-14-18-6-2-4-8-21(18)27-23(28)22-12-17-5-1-3-7-20(17)26-22/h1,3,5,7,9-10,12,15,18-19,21,25-26H,2,4,6,8,11,14H2,(H,27,28)/t18-,19+,21+/m1/s1. The van der Waals surface area contributed by atoms with Gasteiger partial charge in [0.05, 0.1) is 12.1 Å². The van der Waals surface area contributed by atoms with Crippen molar-refractivity contribution in [2.45, 2.75) is 44.2 Å². The fraction of sp³-hybridized carbons (Fsp3) is 0.391. The first-order valence-corrected chi connectivity index (χ1v) is 11.2. The van der Waals surface area contributed by atoms with Crippen LogP contribution in [-0.4, -0.2) is 29.5 Å². The zero-order valence-electron chi connectivity index (χ0n) is 16.4. The summed E-state index contributed by atoms with van der Waals surface area (Å²) in [6.45, 7) is 0.750. The minimum absolute atomic E-state index is 0.0480. The minimum atomic E-state index is -0.198. The second-order valence-electron chi connectivity index (χ2n) is 7.82. The highest BCUT2D eigenvalue weighted by Crippen LogP contribution is 2.25. The first kappa shape index (κ1) is 19.7. The number of carbonyl (C=O) groups is 1.